The molecule has 0 fully saturated rings. The van der Waals surface area contributed by atoms with Crippen molar-refractivity contribution in [3.05, 3.63) is 46.5 Å². The molecule has 0 N–H and O–H groups in total. The molecule has 18 heavy (non-hydrogen) atoms. The summed E-state index contributed by atoms with van der Waals surface area (Å²) in [5, 5.41) is 11.7. The summed E-state index contributed by atoms with van der Waals surface area (Å²) in [6.07, 6.45) is 3.35. The number of carbonyl (C=O) groups excluding carboxylic acids is 1. The number of aryl methyl sites for hydroxylation is 1. The molecule has 3 rings (SSSR count). The number of hydrogen-bond donors (Lipinski definition) is 0. The number of ketones is 1. The summed E-state index contributed by atoms with van der Waals surface area (Å²) in [6, 6.07) is 5.57. The van der Waals surface area contributed by atoms with Crippen molar-refractivity contribution >= 4 is 27.2 Å². The van der Waals surface area contributed by atoms with Gasteiger partial charge in [0.25, 0.3) is 0 Å². The van der Waals surface area contributed by atoms with Crippen LogP contribution in [0.1, 0.15) is 16.1 Å². The quantitative estimate of drug-likeness (QED) is 0.672. The zero-order chi connectivity index (χ0) is 12.7. The number of hydrogen-bond acceptors (Lipinski definition) is 4. The van der Waals surface area contributed by atoms with Gasteiger partial charge in [0.05, 0.1) is 17.3 Å². The van der Waals surface area contributed by atoms with Gasteiger partial charge in [-0.05, 0) is 28.1 Å². The van der Waals surface area contributed by atoms with Crippen LogP contribution in [0.15, 0.2) is 35.2 Å². The average Bonchev–Trinajstić information content (AvgIpc) is 2.93. The molecule has 0 radical (unpaired) electrons. The lowest BCUT2D eigenvalue weighted by molar-refractivity contribution is 0.103. The maximum Gasteiger partial charge on any atom is 0.217 e. The van der Waals surface area contributed by atoms with E-state index in [2.05, 4.69) is 31.3 Å². The molecule has 0 aliphatic rings. The van der Waals surface area contributed by atoms with Gasteiger partial charge in [0, 0.05) is 13.2 Å². The molecule has 7 heteroatoms. The summed E-state index contributed by atoms with van der Waals surface area (Å²) >= 11 is 3.22. The Bertz CT molecular complexity index is 725. The molecule has 0 atom stereocenters. The lowest BCUT2D eigenvalue weighted by Gasteiger charge is -1.99. The largest absolute Gasteiger partial charge is 0.287 e. The normalized spacial score (nSPS) is 11.0. The molecule has 0 amide bonds. The van der Waals surface area contributed by atoms with E-state index in [0.29, 0.717) is 15.9 Å². The van der Waals surface area contributed by atoms with Crippen LogP contribution in [0, 0.1) is 0 Å². The minimum atomic E-state index is -0.157. The third-order valence-electron chi connectivity index (χ3n) is 2.67. The summed E-state index contributed by atoms with van der Waals surface area (Å²) in [5.41, 5.74) is 1.70. The van der Waals surface area contributed by atoms with E-state index in [1.165, 1.54) is 4.68 Å². The first kappa shape index (κ1) is 11.1. The van der Waals surface area contributed by atoms with Crippen LogP contribution in [0.3, 0.4) is 0 Å². The zero-order valence-corrected chi connectivity index (χ0v) is 11.0. The third kappa shape index (κ3) is 1.55. The van der Waals surface area contributed by atoms with Crippen LogP contribution < -0.4 is 0 Å². The Morgan fingerprint density at radius 2 is 2.22 bits per heavy atom. The molecule has 0 aliphatic heterocycles. The number of aromatic nitrogens is 5. The van der Waals surface area contributed by atoms with E-state index in [4.69, 9.17) is 0 Å². The summed E-state index contributed by atoms with van der Waals surface area (Å²) in [4.78, 5) is 12.4. The molecule has 90 valence electrons. The average molecular weight is 306 g/mol. The maximum absolute atomic E-state index is 12.4. The van der Waals surface area contributed by atoms with Gasteiger partial charge >= 0.3 is 0 Å². The van der Waals surface area contributed by atoms with Crippen molar-refractivity contribution in [2.24, 2.45) is 7.05 Å². The molecule has 0 aromatic carbocycles. The van der Waals surface area contributed by atoms with Gasteiger partial charge < -0.3 is 0 Å². The Balaban J connectivity index is 2.19. The molecule has 6 nitrogen and oxygen atoms in total. The topological polar surface area (TPSA) is 65.1 Å². The van der Waals surface area contributed by atoms with Crippen LogP contribution in [-0.4, -0.2) is 30.4 Å². The van der Waals surface area contributed by atoms with Crippen LogP contribution in [0.25, 0.3) is 5.52 Å². The van der Waals surface area contributed by atoms with Gasteiger partial charge in [-0.3, -0.25) is 4.79 Å². The summed E-state index contributed by atoms with van der Waals surface area (Å²) < 4.78 is 3.54. The highest BCUT2D eigenvalue weighted by Gasteiger charge is 2.21. The van der Waals surface area contributed by atoms with Gasteiger partial charge in [0.2, 0.25) is 5.78 Å². The second-order valence-electron chi connectivity index (χ2n) is 3.77. The van der Waals surface area contributed by atoms with Crippen molar-refractivity contribution in [1.29, 1.82) is 0 Å². The number of rotatable bonds is 2. The lowest BCUT2D eigenvalue weighted by atomic mass is 10.1. The number of pyridine rings is 1. The molecule has 0 aliphatic carbocycles. The highest BCUT2D eigenvalue weighted by Crippen LogP contribution is 2.19. The van der Waals surface area contributed by atoms with E-state index in [9.17, 15) is 4.79 Å². The second kappa shape index (κ2) is 4.02. The number of nitrogens with zero attached hydrogens (tertiary/aromatic N) is 5. The fourth-order valence-corrected chi connectivity index (χ4v) is 2.32. The maximum atomic E-state index is 12.4. The van der Waals surface area contributed by atoms with Gasteiger partial charge in [0.15, 0.2) is 4.60 Å². The Morgan fingerprint density at radius 1 is 1.39 bits per heavy atom. The molecule has 3 heterocycles. The summed E-state index contributed by atoms with van der Waals surface area (Å²) in [7, 11) is 1.68. The lowest BCUT2D eigenvalue weighted by Crippen LogP contribution is -2.08. The van der Waals surface area contributed by atoms with Crippen LogP contribution in [-0.2, 0) is 7.05 Å². The van der Waals surface area contributed by atoms with E-state index in [1.807, 2.05) is 18.2 Å². The van der Waals surface area contributed by atoms with Gasteiger partial charge in [0.1, 0.15) is 5.69 Å². The molecule has 3 aromatic rings. The van der Waals surface area contributed by atoms with Crippen LogP contribution >= 0.6 is 15.9 Å². The predicted molar refractivity (Wildman–Crippen MR) is 67.3 cm³/mol. The standard InChI is InChI=1S/C11H8BrN5O/c1-16-9(11(12)14-15-16)10(18)7-6-13-17-5-3-2-4-8(7)17/h2-6H,1H3. The first-order chi connectivity index (χ1) is 8.68. The van der Waals surface area contributed by atoms with E-state index in [0.717, 1.165) is 5.52 Å². The van der Waals surface area contributed by atoms with Crippen molar-refractivity contribution in [3.8, 4) is 0 Å². The van der Waals surface area contributed by atoms with E-state index in [1.54, 1.807) is 24.0 Å². The summed E-state index contributed by atoms with van der Waals surface area (Å²) in [6.45, 7) is 0. The predicted octanol–water partition coefficient (Wildman–Crippen LogP) is 1.46. The van der Waals surface area contributed by atoms with Gasteiger partial charge in [-0.25, -0.2) is 9.20 Å². The van der Waals surface area contributed by atoms with Crippen LogP contribution in [0.4, 0.5) is 0 Å². The van der Waals surface area contributed by atoms with Crippen molar-refractivity contribution in [3.63, 3.8) is 0 Å². The molecule has 0 spiro atoms. The minimum Gasteiger partial charge on any atom is -0.287 e. The first-order valence-corrected chi connectivity index (χ1v) is 6.00. The Labute approximate surface area is 110 Å². The molecule has 0 saturated heterocycles. The van der Waals surface area contributed by atoms with Crippen LogP contribution in [0.2, 0.25) is 0 Å². The Kier molecular flexibility index (Phi) is 2.48. The minimum absolute atomic E-state index is 0.157. The molecule has 0 unspecified atom stereocenters. The fraction of sp³-hybridized carbons (Fsp3) is 0.0909. The number of halogens is 1. The van der Waals surface area contributed by atoms with Crippen molar-refractivity contribution in [2.75, 3.05) is 0 Å². The third-order valence-corrected chi connectivity index (χ3v) is 3.21. The Hall–Kier alpha value is -2.02. The summed E-state index contributed by atoms with van der Waals surface area (Å²) in [5.74, 6) is -0.157. The molecular weight excluding hydrogens is 298 g/mol. The monoisotopic (exact) mass is 305 g/mol. The van der Waals surface area contributed by atoms with Gasteiger partial charge in [-0.15, -0.1) is 5.10 Å². The van der Waals surface area contributed by atoms with Crippen molar-refractivity contribution in [1.82, 2.24) is 24.6 Å². The zero-order valence-electron chi connectivity index (χ0n) is 9.41. The van der Waals surface area contributed by atoms with E-state index < -0.39 is 0 Å². The first-order valence-electron chi connectivity index (χ1n) is 5.20. The highest BCUT2D eigenvalue weighted by atomic mass is 79.9. The number of carbonyl (C=O) groups is 1. The van der Waals surface area contributed by atoms with E-state index >= 15 is 0 Å². The SMILES string of the molecule is Cn1nnc(Br)c1C(=O)c1cnn2ccccc12. The van der Waals surface area contributed by atoms with Gasteiger partial charge in [-0.2, -0.15) is 5.10 Å². The number of fused-ring (bicyclic) bond motifs is 1. The molecule has 3 aromatic heterocycles. The van der Waals surface area contributed by atoms with Crippen LogP contribution in [0.5, 0.6) is 0 Å². The Morgan fingerprint density at radius 3 is 2.94 bits per heavy atom. The van der Waals surface area contributed by atoms with E-state index in [-0.39, 0.29) is 5.78 Å². The molecular formula is C11H8BrN5O. The fourth-order valence-electron chi connectivity index (χ4n) is 1.81. The van der Waals surface area contributed by atoms with Crippen molar-refractivity contribution in [2.45, 2.75) is 0 Å². The highest BCUT2D eigenvalue weighted by molar-refractivity contribution is 9.10. The molecule has 0 saturated carbocycles. The second-order valence-corrected chi connectivity index (χ2v) is 4.52. The smallest absolute Gasteiger partial charge is 0.217 e. The van der Waals surface area contributed by atoms with Gasteiger partial charge in [-0.1, -0.05) is 11.3 Å². The molecule has 0 bridgehead atoms. The van der Waals surface area contributed by atoms with Crippen molar-refractivity contribution < 1.29 is 4.79 Å².